The van der Waals surface area contributed by atoms with Crippen molar-refractivity contribution in [3.63, 3.8) is 0 Å². The van der Waals surface area contributed by atoms with Crippen LogP contribution in [0.3, 0.4) is 0 Å². The number of nitrogens with zero attached hydrogens (tertiary/aromatic N) is 3. The van der Waals surface area contributed by atoms with Gasteiger partial charge in [-0.1, -0.05) is 30.0 Å². The summed E-state index contributed by atoms with van der Waals surface area (Å²) in [6.45, 7) is 2.72. The lowest BCUT2D eigenvalue weighted by atomic mass is 10.1. The lowest BCUT2D eigenvalue weighted by molar-refractivity contribution is -0.118. The molecule has 0 aliphatic carbocycles. The van der Waals surface area contributed by atoms with E-state index in [-0.39, 0.29) is 12.0 Å². The Morgan fingerprint density at radius 1 is 1.40 bits per heavy atom. The van der Waals surface area contributed by atoms with Crippen LogP contribution < -0.4 is 5.32 Å². The molecule has 1 amide bonds. The summed E-state index contributed by atoms with van der Waals surface area (Å²) >= 11 is 1.41. The van der Waals surface area contributed by atoms with Gasteiger partial charge >= 0.3 is 0 Å². The minimum atomic E-state index is -0.0172. The monoisotopic (exact) mass is 429 g/mol. The van der Waals surface area contributed by atoms with E-state index in [2.05, 4.69) is 31.1 Å². The number of hydrogen-bond donors (Lipinski definition) is 2. The molecule has 1 saturated heterocycles. The number of aromatic nitrogens is 4. The van der Waals surface area contributed by atoms with Crippen LogP contribution >= 0.6 is 11.8 Å². The number of aromatic amines is 1. The lowest BCUT2D eigenvalue weighted by Crippen LogP contribution is -2.27. The fourth-order valence-electron chi connectivity index (χ4n) is 3.63. The summed E-state index contributed by atoms with van der Waals surface area (Å²) in [6, 6.07) is 8.14. The Bertz CT molecular complexity index is 980. The number of hydrogen-bond acceptors (Lipinski definition) is 6. The highest BCUT2D eigenvalue weighted by molar-refractivity contribution is 7.99. The zero-order chi connectivity index (χ0) is 20.8. The molecule has 1 fully saturated rings. The van der Waals surface area contributed by atoms with Crippen molar-refractivity contribution in [1.29, 1.82) is 0 Å². The molecule has 30 heavy (non-hydrogen) atoms. The molecule has 1 atom stereocenters. The van der Waals surface area contributed by atoms with Crippen molar-refractivity contribution in [2.24, 2.45) is 0 Å². The van der Waals surface area contributed by atoms with Crippen molar-refractivity contribution in [1.82, 2.24) is 25.1 Å². The van der Waals surface area contributed by atoms with Gasteiger partial charge in [-0.05, 0) is 25.3 Å². The summed E-state index contributed by atoms with van der Waals surface area (Å²) in [4.78, 5) is 15.5. The number of methoxy groups -OCH3 is 1. The number of amides is 1. The molecule has 1 aliphatic heterocycles. The normalized spacial score (nSPS) is 16.4. The van der Waals surface area contributed by atoms with E-state index < -0.39 is 0 Å². The largest absolute Gasteiger partial charge is 0.385 e. The van der Waals surface area contributed by atoms with Gasteiger partial charge in [-0.2, -0.15) is 0 Å². The van der Waals surface area contributed by atoms with Gasteiger partial charge in [0.2, 0.25) is 5.91 Å². The molecule has 4 rings (SSSR count). The van der Waals surface area contributed by atoms with Crippen LogP contribution in [0.4, 0.5) is 0 Å². The summed E-state index contributed by atoms with van der Waals surface area (Å²) in [6.07, 6.45) is 5.01. The molecule has 2 aromatic heterocycles. The molecule has 1 aliphatic rings. The van der Waals surface area contributed by atoms with Crippen LogP contribution in [0.1, 0.15) is 19.3 Å². The third-order valence-corrected chi connectivity index (χ3v) is 6.10. The number of benzene rings is 1. The van der Waals surface area contributed by atoms with E-state index in [9.17, 15) is 4.79 Å². The van der Waals surface area contributed by atoms with Gasteiger partial charge in [0, 0.05) is 49.5 Å². The first-order valence-electron chi connectivity index (χ1n) is 10.3. The fourth-order valence-corrected chi connectivity index (χ4v) is 4.41. The SMILES string of the molecule is COCCCNC(=O)CSc1nnc(-c2c[nH]c3ccccc23)n1CC1CCCO1. The highest BCUT2D eigenvalue weighted by Gasteiger charge is 2.23. The molecule has 2 N–H and O–H groups in total. The minimum Gasteiger partial charge on any atom is -0.385 e. The number of carbonyl (C=O) groups is 1. The quantitative estimate of drug-likeness (QED) is 0.380. The van der Waals surface area contributed by atoms with Gasteiger partial charge in [0.05, 0.1) is 18.4 Å². The highest BCUT2D eigenvalue weighted by atomic mass is 32.2. The molecule has 3 aromatic rings. The molecule has 1 aromatic carbocycles. The van der Waals surface area contributed by atoms with Crippen molar-refractivity contribution in [2.45, 2.75) is 37.1 Å². The van der Waals surface area contributed by atoms with Crippen molar-refractivity contribution < 1.29 is 14.3 Å². The summed E-state index contributed by atoms with van der Waals surface area (Å²) in [5.41, 5.74) is 2.07. The predicted molar refractivity (Wildman–Crippen MR) is 117 cm³/mol. The first-order chi connectivity index (χ1) is 14.8. The van der Waals surface area contributed by atoms with Gasteiger partial charge in [0.15, 0.2) is 11.0 Å². The summed E-state index contributed by atoms with van der Waals surface area (Å²) < 4.78 is 13.0. The van der Waals surface area contributed by atoms with Crippen LogP contribution in [0.15, 0.2) is 35.6 Å². The Balaban J connectivity index is 1.52. The second-order valence-corrected chi connectivity index (χ2v) is 8.23. The van der Waals surface area contributed by atoms with E-state index in [1.807, 2.05) is 24.4 Å². The molecular weight excluding hydrogens is 402 g/mol. The molecule has 1 unspecified atom stereocenters. The standard InChI is InChI=1S/C21H27N5O3S/c1-28-10-5-9-22-19(27)14-30-21-25-24-20(26(21)13-15-6-4-11-29-15)17-12-23-18-8-3-2-7-16(17)18/h2-3,7-8,12,15,23H,4-6,9-11,13-14H2,1H3,(H,22,27). The van der Waals surface area contributed by atoms with Crippen LogP contribution in [0.5, 0.6) is 0 Å². The summed E-state index contributed by atoms with van der Waals surface area (Å²) in [5, 5.41) is 13.6. The van der Waals surface area contributed by atoms with E-state index in [4.69, 9.17) is 9.47 Å². The maximum atomic E-state index is 12.2. The van der Waals surface area contributed by atoms with E-state index in [0.29, 0.717) is 25.4 Å². The second-order valence-electron chi connectivity index (χ2n) is 7.28. The van der Waals surface area contributed by atoms with Gasteiger partial charge in [-0.3, -0.25) is 9.36 Å². The average Bonchev–Trinajstić information content (AvgIpc) is 3.50. The Morgan fingerprint density at radius 3 is 3.13 bits per heavy atom. The number of para-hydroxylation sites is 1. The van der Waals surface area contributed by atoms with E-state index in [1.165, 1.54) is 11.8 Å². The first-order valence-corrected chi connectivity index (χ1v) is 11.2. The number of carbonyl (C=O) groups excluding carboxylic acids is 1. The number of H-pyrrole nitrogens is 1. The summed E-state index contributed by atoms with van der Waals surface area (Å²) in [5.74, 6) is 1.08. The average molecular weight is 430 g/mol. The molecule has 0 radical (unpaired) electrons. The fraction of sp³-hybridized carbons (Fsp3) is 0.476. The van der Waals surface area contributed by atoms with Crippen LogP contribution in [0.25, 0.3) is 22.3 Å². The molecule has 0 bridgehead atoms. The number of fused-ring (bicyclic) bond motifs is 1. The number of nitrogens with one attached hydrogen (secondary N) is 2. The van der Waals surface area contributed by atoms with Gasteiger partial charge in [-0.15, -0.1) is 10.2 Å². The smallest absolute Gasteiger partial charge is 0.230 e. The number of rotatable bonds is 10. The summed E-state index contributed by atoms with van der Waals surface area (Å²) in [7, 11) is 1.66. The number of ether oxygens (including phenoxy) is 2. The Kier molecular flexibility index (Phi) is 7.03. The highest BCUT2D eigenvalue weighted by Crippen LogP contribution is 2.31. The maximum absolute atomic E-state index is 12.2. The minimum absolute atomic E-state index is 0.0172. The molecule has 8 nitrogen and oxygen atoms in total. The molecule has 160 valence electrons. The van der Waals surface area contributed by atoms with Crippen LogP contribution in [0, 0.1) is 0 Å². The van der Waals surface area contributed by atoms with Crippen LogP contribution in [0.2, 0.25) is 0 Å². The van der Waals surface area contributed by atoms with Crippen molar-refractivity contribution in [2.75, 3.05) is 32.6 Å². The zero-order valence-electron chi connectivity index (χ0n) is 17.1. The van der Waals surface area contributed by atoms with Crippen LogP contribution in [-0.2, 0) is 20.8 Å². The van der Waals surface area contributed by atoms with E-state index >= 15 is 0 Å². The van der Waals surface area contributed by atoms with Gasteiger partial charge in [0.25, 0.3) is 0 Å². The van der Waals surface area contributed by atoms with Gasteiger partial charge in [0.1, 0.15) is 0 Å². The third kappa shape index (κ3) is 4.85. The van der Waals surface area contributed by atoms with E-state index in [0.717, 1.165) is 53.3 Å². The van der Waals surface area contributed by atoms with Gasteiger partial charge < -0.3 is 19.8 Å². The topological polar surface area (TPSA) is 94.1 Å². The predicted octanol–water partition coefficient (Wildman–Crippen LogP) is 2.85. The zero-order valence-corrected chi connectivity index (χ0v) is 17.9. The molecule has 0 spiro atoms. The Labute approximate surface area is 179 Å². The van der Waals surface area contributed by atoms with Crippen molar-refractivity contribution in [3.05, 3.63) is 30.5 Å². The Morgan fingerprint density at radius 2 is 2.30 bits per heavy atom. The molecule has 0 saturated carbocycles. The van der Waals surface area contributed by atoms with E-state index in [1.54, 1.807) is 7.11 Å². The first kappa shape index (κ1) is 20.9. The Hall–Kier alpha value is -2.36. The molecule has 3 heterocycles. The van der Waals surface area contributed by atoms with Gasteiger partial charge in [-0.25, -0.2) is 0 Å². The molecular formula is C21H27N5O3S. The maximum Gasteiger partial charge on any atom is 0.230 e. The van der Waals surface area contributed by atoms with Crippen molar-refractivity contribution >= 4 is 28.6 Å². The third-order valence-electron chi connectivity index (χ3n) is 5.14. The number of thioether (sulfide) groups is 1. The molecule has 9 heteroatoms. The van der Waals surface area contributed by atoms with Crippen molar-refractivity contribution in [3.8, 4) is 11.4 Å². The van der Waals surface area contributed by atoms with Crippen LogP contribution in [-0.4, -0.2) is 64.4 Å². The second kappa shape index (κ2) is 10.1. The lowest BCUT2D eigenvalue weighted by Gasteiger charge is -2.14.